The summed E-state index contributed by atoms with van der Waals surface area (Å²) in [5, 5.41) is 0.313. The molecule has 0 heterocycles. The highest BCUT2D eigenvalue weighted by atomic mass is 35.5. The van der Waals surface area contributed by atoms with Crippen LogP contribution in [0.5, 0.6) is 0 Å². The minimum atomic E-state index is 0.313. The molecular weight excluding hydrogens is 278 g/mol. The van der Waals surface area contributed by atoms with Crippen LogP contribution in [0.1, 0.15) is 44.4 Å². The summed E-state index contributed by atoms with van der Waals surface area (Å²) in [7, 11) is 0. The third kappa shape index (κ3) is 9.86. The number of allylic oxidation sites excluding steroid dienone is 3. The lowest BCUT2D eigenvalue weighted by atomic mass is 10.0. The lowest BCUT2D eigenvalue weighted by Crippen LogP contribution is -1.85. The van der Waals surface area contributed by atoms with Gasteiger partial charge in [0.2, 0.25) is 0 Å². The number of aliphatic imine (C=N–C) groups is 1. The summed E-state index contributed by atoms with van der Waals surface area (Å²) in [5.41, 5.74) is 6.63. The molecule has 0 saturated carbocycles. The third-order valence-corrected chi connectivity index (χ3v) is 2.70. The van der Waals surface area contributed by atoms with Gasteiger partial charge in [0.25, 0.3) is 0 Å². The van der Waals surface area contributed by atoms with Crippen molar-refractivity contribution < 1.29 is 0 Å². The van der Waals surface area contributed by atoms with E-state index in [1.807, 2.05) is 19.9 Å². The molecule has 114 valence electrons. The number of aryl methyl sites for hydroxylation is 2. The second-order valence-corrected chi connectivity index (χ2v) is 5.86. The van der Waals surface area contributed by atoms with Gasteiger partial charge in [0.05, 0.1) is 0 Å². The first-order valence-electron chi connectivity index (χ1n) is 6.97. The maximum atomic E-state index is 5.34. The Morgan fingerprint density at radius 1 is 1.05 bits per heavy atom. The fraction of sp³-hybridized carbons (Fsp3) is 0.316. The quantitative estimate of drug-likeness (QED) is 0.449. The summed E-state index contributed by atoms with van der Waals surface area (Å²) < 4.78 is 0. The van der Waals surface area contributed by atoms with E-state index in [0.717, 1.165) is 0 Å². The number of nitrogens with zero attached hydrogens (tertiary/aromatic N) is 1. The van der Waals surface area contributed by atoms with Crippen LogP contribution in [-0.2, 0) is 0 Å². The lowest BCUT2D eigenvalue weighted by molar-refractivity contribution is 1.33. The fourth-order valence-corrected chi connectivity index (χ4v) is 1.67. The molecule has 1 nitrogen and oxygen atoms in total. The molecule has 21 heavy (non-hydrogen) atoms. The Morgan fingerprint density at radius 3 is 1.95 bits per heavy atom. The van der Waals surface area contributed by atoms with Gasteiger partial charge in [0.1, 0.15) is 5.16 Å². The summed E-state index contributed by atoms with van der Waals surface area (Å²) >= 11 is 5.34. The summed E-state index contributed by atoms with van der Waals surface area (Å²) in [6.45, 7) is 15.9. The second-order valence-electron chi connectivity index (χ2n) is 5.43. The van der Waals surface area contributed by atoms with Crippen LogP contribution in [0.4, 0.5) is 0 Å². The normalized spacial score (nSPS) is 9.67. The van der Waals surface area contributed by atoms with Gasteiger partial charge in [-0.15, -0.1) is 0 Å². The molecule has 1 aromatic carbocycles. The van der Waals surface area contributed by atoms with Gasteiger partial charge in [-0.2, -0.15) is 0 Å². The molecule has 0 radical (unpaired) electrons. The molecule has 0 aliphatic heterocycles. The maximum absolute atomic E-state index is 5.34. The van der Waals surface area contributed by atoms with Gasteiger partial charge in [-0.1, -0.05) is 53.6 Å². The van der Waals surface area contributed by atoms with Crippen molar-refractivity contribution >= 4 is 23.9 Å². The van der Waals surface area contributed by atoms with Gasteiger partial charge in [-0.05, 0) is 64.3 Å². The SMILES string of the molecule is C=C(Cl)/N=C\C=C(C)C.CC(C)=Cc1c(C)cccc1C. The first-order chi connectivity index (χ1) is 9.73. The average Bonchev–Trinajstić information content (AvgIpc) is 2.33. The van der Waals surface area contributed by atoms with E-state index in [4.69, 9.17) is 11.6 Å². The molecule has 0 spiro atoms. The molecule has 1 rings (SSSR count). The Bertz CT molecular complexity index is 535. The number of hydrogen-bond acceptors (Lipinski definition) is 1. The lowest BCUT2D eigenvalue weighted by Gasteiger charge is -2.04. The van der Waals surface area contributed by atoms with Crippen molar-refractivity contribution in [2.75, 3.05) is 0 Å². The van der Waals surface area contributed by atoms with Crippen molar-refractivity contribution in [3.05, 3.63) is 63.8 Å². The third-order valence-electron chi connectivity index (χ3n) is 2.60. The van der Waals surface area contributed by atoms with Crippen molar-refractivity contribution in [2.45, 2.75) is 41.5 Å². The van der Waals surface area contributed by atoms with E-state index in [1.54, 1.807) is 6.21 Å². The van der Waals surface area contributed by atoms with Crippen LogP contribution in [0, 0.1) is 13.8 Å². The van der Waals surface area contributed by atoms with Crippen molar-refractivity contribution in [3.63, 3.8) is 0 Å². The van der Waals surface area contributed by atoms with Gasteiger partial charge < -0.3 is 0 Å². The van der Waals surface area contributed by atoms with E-state index in [9.17, 15) is 0 Å². The highest BCUT2D eigenvalue weighted by Crippen LogP contribution is 2.16. The Balaban J connectivity index is 0.000000400. The zero-order valence-corrected chi connectivity index (χ0v) is 14.8. The van der Waals surface area contributed by atoms with Crippen LogP contribution in [0.3, 0.4) is 0 Å². The predicted molar refractivity (Wildman–Crippen MR) is 98.2 cm³/mol. The highest BCUT2D eigenvalue weighted by molar-refractivity contribution is 6.29. The number of hydrogen-bond donors (Lipinski definition) is 0. The monoisotopic (exact) mass is 303 g/mol. The van der Waals surface area contributed by atoms with Crippen LogP contribution < -0.4 is 0 Å². The number of benzene rings is 1. The topological polar surface area (TPSA) is 12.4 Å². The minimum Gasteiger partial charge on any atom is -0.245 e. The molecule has 0 aliphatic rings. The van der Waals surface area contributed by atoms with E-state index in [1.165, 1.54) is 27.8 Å². The summed E-state index contributed by atoms with van der Waals surface area (Å²) in [4.78, 5) is 3.73. The molecule has 2 heteroatoms. The van der Waals surface area contributed by atoms with Crippen molar-refractivity contribution in [1.29, 1.82) is 0 Å². The van der Waals surface area contributed by atoms with Crippen LogP contribution in [0.2, 0.25) is 0 Å². The van der Waals surface area contributed by atoms with E-state index >= 15 is 0 Å². The van der Waals surface area contributed by atoms with E-state index in [2.05, 4.69) is 63.5 Å². The van der Waals surface area contributed by atoms with Crippen LogP contribution in [0.15, 0.2) is 52.1 Å². The Hall–Kier alpha value is -1.60. The molecule has 0 aliphatic carbocycles. The fourth-order valence-electron chi connectivity index (χ4n) is 1.61. The van der Waals surface area contributed by atoms with Gasteiger partial charge in [0.15, 0.2) is 0 Å². The maximum Gasteiger partial charge on any atom is 0.121 e. The zero-order chi connectivity index (χ0) is 16.4. The van der Waals surface area contributed by atoms with E-state index < -0.39 is 0 Å². The summed E-state index contributed by atoms with van der Waals surface area (Å²) in [6, 6.07) is 6.41. The predicted octanol–water partition coefficient (Wildman–Crippen LogP) is 6.46. The number of rotatable bonds is 3. The van der Waals surface area contributed by atoms with Crippen LogP contribution in [-0.4, -0.2) is 6.21 Å². The van der Waals surface area contributed by atoms with Gasteiger partial charge >= 0.3 is 0 Å². The first kappa shape index (κ1) is 19.4. The van der Waals surface area contributed by atoms with Crippen molar-refractivity contribution in [3.8, 4) is 0 Å². The molecule has 0 bridgehead atoms. The van der Waals surface area contributed by atoms with Crippen LogP contribution >= 0.6 is 11.6 Å². The molecular formula is C19H26ClN. The Kier molecular flexibility index (Phi) is 9.40. The Morgan fingerprint density at radius 2 is 1.57 bits per heavy atom. The largest absolute Gasteiger partial charge is 0.245 e. The molecule has 0 unspecified atom stereocenters. The summed E-state index contributed by atoms with van der Waals surface area (Å²) in [6.07, 6.45) is 5.74. The molecule has 0 N–H and O–H groups in total. The standard InChI is InChI=1S/C12H16.C7H10ClN/c1-9(2)8-12-10(3)6-5-7-11(12)4;1-6(2)4-5-9-7(3)8/h5-8H,1-4H3;4-5H,3H2,1-2H3/b;9-5-. The minimum absolute atomic E-state index is 0.313. The van der Waals surface area contributed by atoms with E-state index in [-0.39, 0.29) is 0 Å². The molecule has 1 aromatic rings. The van der Waals surface area contributed by atoms with Crippen molar-refractivity contribution in [2.24, 2.45) is 4.99 Å². The number of halogens is 1. The van der Waals surface area contributed by atoms with E-state index in [0.29, 0.717) is 5.16 Å². The molecule has 0 amide bonds. The molecule has 0 saturated heterocycles. The van der Waals surface area contributed by atoms with Gasteiger partial charge in [-0.25, -0.2) is 4.99 Å². The van der Waals surface area contributed by atoms with Crippen molar-refractivity contribution in [1.82, 2.24) is 0 Å². The molecule has 0 fully saturated rings. The van der Waals surface area contributed by atoms with Crippen LogP contribution in [0.25, 0.3) is 6.08 Å². The highest BCUT2D eigenvalue weighted by Gasteiger charge is 1.96. The molecule has 0 atom stereocenters. The second kappa shape index (κ2) is 10.2. The first-order valence-corrected chi connectivity index (χ1v) is 7.35. The average molecular weight is 304 g/mol. The smallest absolute Gasteiger partial charge is 0.121 e. The molecule has 0 aromatic heterocycles. The zero-order valence-electron chi connectivity index (χ0n) is 14.0. The summed E-state index contributed by atoms with van der Waals surface area (Å²) in [5.74, 6) is 0. The van der Waals surface area contributed by atoms with Gasteiger partial charge in [0, 0.05) is 6.21 Å². The Labute approximate surface area is 134 Å². The van der Waals surface area contributed by atoms with Gasteiger partial charge in [-0.3, -0.25) is 0 Å².